The van der Waals surface area contributed by atoms with Crippen molar-refractivity contribution in [3.8, 4) is 5.75 Å². The number of nitrogens with two attached hydrogens (primary N) is 1. The van der Waals surface area contributed by atoms with Gasteiger partial charge in [-0.2, -0.15) is 0 Å². The van der Waals surface area contributed by atoms with Gasteiger partial charge in [0.1, 0.15) is 5.75 Å². The summed E-state index contributed by atoms with van der Waals surface area (Å²) in [7, 11) is -3.52. The van der Waals surface area contributed by atoms with Crippen LogP contribution in [0.2, 0.25) is 5.02 Å². The lowest BCUT2D eigenvalue weighted by Crippen LogP contribution is -2.33. The van der Waals surface area contributed by atoms with Gasteiger partial charge in [0.25, 0.3) is 0 Å². The first-order chi connectivity index (χ1) is 8.09. The van der Waals surface area contributed by atoms with Gasteiger partial charge in [0.05, 0.1) is 17.4 Å². The summed E-state index contributed by atoms with van der Waals surface area (Å²) in [6.45, 7) is 3.75. The van der Waals surface area contributed by atoms with Crippen LogP contribution in [0, 0.1) is 5.41 Å². The maximum atomic E-state index is 11.1. The van der Waals surface area contributed by atoms with Gasteiger partial charge in [-0.3, -0.25) is 0 Å². The van der Waals surface area contributed by atoms with Crippen LogP contribution in [0.1, 0.15) is 13.8 Å². The molecule has 0 radical (unpaired) electrons. The third-order valence-corrected chi connectivity index (χ3v) is 4.08. The Hall–Kier alpha value is -0.300. The zero-order valence-electron chi connectivity index (χ0n) is 10.1. The summed E-state index contributed by atoms with van der Waals surface area (Å²) in [6.07, 6.45) is 0. The van der Waals surface area contributed by atoms with Crippen LogP contribution in [-0.2, 0) is 10.0 Å². The van der Waals surface area contributed by atoms with E-state index in [0.29, 0.717) is 10.8 Å². The average molecular weight is 357 g/mol. The number of primary sulfonamides is 1. The van der Waals surface area contributed by atoms with Crippen LogP contribution in [0.15, 0.2) is 22.7 Å². The maximum absolute atomic E-state index is 11.1. The second-order valence-corrected chi connectivity index (χ2v) is 7.77. The molecule has 18 heavy (non-hydrogen) atoms. The molecule has 0 aliphatic heterocycles. The Labute approximate surface area is 121 Å². The molecular formula is C11H15BrClNO3S. The molecule has 0 aromatic heterocycles. The zero-order valence-corrected chi connectivity index (χ0v) is 13.3. The Morgan fingerprint density at radius 3 is 2.56 bits per heavy atom. The fraction of sp³-hybridized carbons (Fsp3) is 0.455. The Bertz CT molecular complexity index is 531. The normalized spacial score (nSPS) is 12.5. The largest absolute Gasteiger partial charge is 0.491 e. The van der Waals surface area contributed by atoms with Crippen molar-refractivity contribution in [3.63, 3.8) is 0 Å². The van der Waals surface area contributed by atoms with Gasteiger partial charge in [-0.05, 0) is 18.2 Å². The third-order valence-electron chi connectivity index (χ3n) is 2.10. The van der Waals surface area contributed by atoms with Gasteiger partial charge in [0.2, 0.25) is 10.0 Å². The fourth-order valence-corrected chi connectivity index (χ4v) is 3.35. The highest BCUT2D eigenvalue weighted by molar-refractivity contribution is 9.10. The second-order valence-electron chi connectivity index (χ2n) is 4.83. The van der Waals surface area contributed by atoms with E-state index in [2.05, 4.69) is 15.9 Å². The van der Waals surface area contributed by atoms with Gasteiger partial charge in [-0.15, -0.1) is 0 Å². The molecule has 7 heteroatoms. The van der Waals surface area contributed by atoms with E-state index in [9.17, 15) is 8.42 Å². The Kier molecular flexibility index (Phi) is 5.05. The molecule has 102 valence electrons. The van der Waals surface area contributed by atoms with Gasteiger partial charge < -0.3 is 4.74 Å². The summed E-state index contributed by atoms with van der Waals surface area (Å²) in [4.78, 5) is 0. The highest BCUT2D eigenvalue weighted by atomic mass is 79.9. The minimum atomic E-state index is -3.52. The highest BCUT2D eigenvalue weighted by Crippen LogP contribution is 2.29. The summed E-state index contributed by atoms with van der Waals surface area (Å²) < 4.78 is 28.5. The third kappa shape index (κ3) is 5.56. The molecule has 0 fully saturated rings. The zero-order chi connectivity index (χ0) is 14.0. The molecule has 0 amide bonds. The second kappa shape index (κ2) is 5.77. The standard InChI is InChI=1S/C11H15BrClNO3S/c1-11(2,7-18(14,15)16)6-17-10-4-3-8(12)5-9(10)13/h3-5H,6-7H2,1-2H3,(H2,14,15,16). The van der Waals surface area contributed by atoms with E-state index >= 15 is 0 Å². The number of halogens is 2. The molecule has 0 aliphatic carbocycles. The minimum absolute atomic E-state index is 0.145. The molecule has 0 bridgehead atoms. The van der Waals surface area contributed by atoms with Crippen molar-refractivity contribution < 1.29 is 13.2 Å². The molecule has 0 atom stereocenters. The van der Waals surface area contributed by atoms with Crippen LogP contribution in [0.4, 0.5) is 0 Å². The molecule has 0 saturated heterocycles. The van der Waals surface area contributed by atoms with Crippen molar-refractivity contribution in [2.75, 3.05) is 12.4 Å². The first kappa shape index (κ1) is 15.8. The molecule has 2 N–H and O–H groups in total. The predicted octanol–water partition coefficient (Wildman–Crippen LogP) is 2.80. The monoisotopic (exact) mass is 355 g/mol. The van der Waals surface area contributed by atoms with E-state index in [0.717, 1.165) is 4.47 Å². The van der Waals surface area contributed by atoms with Crippen LogP contribution in [-0.4, -0.2) is 20.8 Å². The fourth-order valence-electron chi connectivity index (χ4n) is 1.45. The van der Waals surface area contributed by atoms with Crippen molar-refractivity contribution in [2.24, 2.45) is 10.6 Å². The van der Waals surface area contributed by atoms with Gasteiger partial charge in [0, 0.05) is 9.89 Å². The highest BCUT2D eigenvalue weighted by Gasteiger charge is 2.25. The molecule has 0 unspecified atom stereocenters. The van der Waals surface area contributed by atoms with E-state index in [-0.39, 0.29) is 12.4 Å². The average Bonchev–Trinajstić information content (AvgIpc) is 2.12. The van der Waals surface area contributed by atoms with Crippen LogP contribution >= 0.6 is 27.5 Å². The first-order valence-corrected chi connectivity index (χ1v) is 8.06. The van der Waals surface area contributed by atoms with Gasteiger partial charge in [-0.25, -0.2) is 13.6 Å². The number of rotatable bonds is 5. The lowest BCUT2D eigenvalue weighted by Gasteiger charge is -2.23. The van der Waals surface area contributed by atoms with E-state index < -0.39 is 15.4 Å². The molecule has 4 nitrogen and oxygen atoms in total. The number of hydrogen-bond acceptors (Lipinski definition) is 3. The molecule has 0 spiro atoms. The van der Waals surface area contributed by atoms with Crippen LogP contribution in [0.3, 0.4) is 0 Å². The molecule has 0 saturated carbocycles. The topological polar surface area (TPSA) is 69.4 Å². The van der Waals surface area contributed by atoms with Crippen LogP contribution in [0.5, 0.6) is 5.75 Å². The van der Waals surface area contributed by atoms with Crippen LogP contribution < -0.4 is 9.88 Å². The number of hydrogen-bond donors (Lipinski definition) is 1. The van der Waals surface area contributed by atoms with Crippen molar-refractivity contribution in [1.29, 1.82) is 0 Å². The van der Waals surface area contributed by atoms with E-state index in [1.54, 1.807) is 32.0 Å². The smallest absolute Gasteiger partial charge is 0.209 e. The number of sulfonamides is 1. The summed E-state index contributed by atoms with van der Waals surface area (Å²) in [5.41, 5.74) is -0.579. The molecule has 1 rings (SSSR count). The van der Waals surface area contributed by atoms with E-state index in [4.69, 9.17) is 21.5 Å². The SMILES string of the molecule is CC(C)(COc1ccc(Br)cc1Cl)CS(N)(=O)=O. The van der Waals surface area contributed by atoms with Gasteiger partial charge in [0.15, 0.2) is 0 Å². The molecular weight excluding hydrogens is 342 g/mol. The summed E-state index contributed by atoms with van der Waals surface area (Å²) >= 11 is 9.28. The van der Waals surface area contributed by atoms with Crippen LogP contribution in [0.25, 0.3) is 0 Å². The minimum Gasteiger partial charge on any atom is -0.491 e. The number of ether oxygens (including phenoxy) is 1. The molecule has 0 aliphatic rings. The Morgan fingerprint density at radius 2 is 2.06 bits per heavy atom. The van der Waals surface area contributed by atoms with Crippen molar-refractivity contribution in [1.82, 2.24) is 0 Å². The summed E-state index contributed by atoms with van der Waals surface area (Å²) in [5.74, 6) is 0.371. The quantitative estimate of drug-likeness (QED) is 0.882. The van der Waals surface area contributed by atoms with Crippen molar-refractivity contribution in [3.05, 3.63) is 27.7 Å². The lowest BCUT2D eigenvalue weighted by atomic mass is 9.98. The van der Waals surface area contributed by atoms with Gasteiger partial charge >= 0.3 is 0 Å². The first-order valence-electron chi connectivity index (χ1n) is 5.17. The number of benzene rings is 1. The molecule has 1 aromatic carbocycles. The predicted molar refractivity (Wildman–Crippen MR) is 76.4 cm³/mol. The van der Waals surface area contributed by atoms with E-state index in [1.807, 2.05) is 0 Å². The van der Waals surface area contributed by atoms with Gasteiger partial charge in [-0.1, -0.05) is 41.4 Å². The van der Waals surface area contributed by atoms with Crippen molar-refractivity contribution >= 4 is 37.6 Å². The molecule has 0 heterocycles. The lowest BCUT2D eigenvalue weighted by molar-refractivity contribution is 0.200. The summed E-state index contributed by atoms with van der Waals surface area (Å²) in [6, 6.07) is 5.23. The Morgan fingerprint density at radius 1 is 1.44 bits per heavy atom. The Balaban J connectivity index is 2.70. The molecule has 1 aromatic rings. The summed E-state index contributed by atoms with van der Waals surface area (Å²) in [5, 5.41) is 5.49. The maximum Gasteiger partial charge on any atom is 0.209 e. The van der Waals surface area contributed by atoms with Crippen molar-refractivity contribution in [2.45, 2.75) is 13.8 Å². The van der Waals surface area contributed by atoms with E-state index in [1.165, 1.54) is 0 Å².